The van der Waals surface area contributed by atoms with Crippen molar-refractivity contribution in [3.05, 3.63) is 0 Å². The monoisotopic (exact) mass is 242 g/mol. The van der Waals surface area contributed by atoms with Crippen LogP contribution < -0.4 is 5.73 Å². The summed E-state index contributed by atoms with van der Waals surface area (Å²) in [6.45, 7) is 10.1. The first kappa shape index (κ1) is 13.9. The van der Waals surface area contributed by atoms with Crippen LogP contribution in [0, 0.1) is 11.3 Å². The minimum absolute atomic E-state index is 0.00235. The molecule has 94 valence electrons. The molecule has 1 aliphatic carbocycles. The molecule has 0 unspecified atom stereocenters. The van der Waals surface area contributed by atoms with E-state index in [9.17, 15) is 0 Å². The predicted octanol–water partition coefficient (Wildman–Crippen LogP) is 2.81. The molecule has 2 nitrogen and oxygen atoms in total. The van der Waals surface area contributed by atoms with Crippen LogP contribution >= 0.6 is 12.2 Å². The van der Waals surface area contributed by atoms with Gasteiger partial charge in [0.15, 0.2) is 0 Å². The van der Waals surface area contributed by atoms with E-state index in [4.69, 9.17) is 18.0 Å². The molecule has 1 rings (SSSR count). The lowest BCUT2D eigenvalue weighted by atomic mass is 9.84. The van der Waals surface area contributed by atoms with Crippen molar-refractivity contribution in [3.8, 4) is 0 Å². The van der Waals surface area contributed by atoms with E-state index in [1.165, 1.54) is 25.8 Å². The van der Waals surface area contributed by atoms with Crippen LogP contribution in [0.5, 0.6) is 0 Å². The van der Waals surface area contributed by atoms with Crippen LogP contribution in [0.1, 0.15) is 46.5 Å². The Morgan fingerprint density at radius 2 is 2.06 bits per heavy atom. The van der Waals surface area contributed by atoms with Crippen molar-refractivity contribution in [1.82, 2.24) is 4.90 Å². The Morgan fingerprint density at radius 3 is 2.44 bits per heavy atom. The first-order valence-corrected chi connectivity index (χ1v) is 6.89. The lowest BCUT2D eigenvalue weighted by Crippen LogP contribution is -2.37. The van der Waals surface area contributed by atoms with Crippen molar-refractivity contribution < 1.29 is 0 Å². The smallest absolute Gasteiger partial charge is 0.0784 e. The minimum Gasteiger partial charge on any atom is -0.393 e. The molecule has 0 aromatic carbocycles. The van der Waals surface area contributed by atoms with E-state index in [1.54, 1.807) is 0 Å². The van der Waals surface area contributed by atoms with E-state index in [-0.39, 0.29) is 5.41 Å². The fourth-order valence-corrected chi connectivity index (χ4v) is 2.08. The van der Waals surface area contributed by atoms with Gasteiger partial charge in [-0.1, -0.05) is 39.4 Å². The Balaban J connectivity index is 2.29. The Hall–Kier alpha value is -0.150. The second-order valence-electron chi connectivity index (χ2n) is 5.69. The van der Waals surface area contributed by atoms with Gasteiger partial charge in [-0.05, 0) is 38.3 Å². The van der Waals surface area contributed by atoms with E-state index in [0.29, 0.717) is 4.99 Å². The lowest BCUT2D eigenvalue weighted by Gasteiger charge is -2.33. The molecule has 0 amide bonds. The van der Waals surface area contributed by atoms with Crippen molar-refractivity contribution in [1.29, 1.82) is 0 Å². The highest BCUT2D eigenvalue weighted by Gasteiger charge is 2.24. The predicted molar refractivity (Wildman–Crippen MR) is 74.6 cm³/mol. The lowest BCUT2D eigenvalue weighted by molar-refractivity contribution is 0.173. The van der Waals surface area contributed by atoms with Gasteiger partial charge in [-0.15, -0.1) is 0 Å². The zero-order valence-corrected chi connectivity index (χ0v) is 11.8. The summed E-state index contributed by atoms with van der Waals surface area (Å²) >= 11 is 5.10. The third-order valence-electron chi connectivity index (χ3n) is 3.91. The molecule has 1 saturated carbocycles. The normalized spacial score (nSPS) is 17.5. The van der Waals surface area contributed by atoms with Crippen LogP contribution in [0.15, 0.2) is 0 Å². The molecule has 0 aromatic rings. The summed E-state index contributed by atoms with van der Waals surface area (Å²) in [7, 11) is 0. The van der Waals surface area contributed by atoms with E-state index in [0.717, 1.165) is 25.4 Å². The molecule has 0 aliphatic heterocycles. The molecule has 0 radical (unpaired) electrons. The summed E-state index contributed by atoms with van der Waals surface area (Å²) in [5.74, 6) is 0.952. The van der Waals surface area contributed by atoms with Gasteiger partial charge in [0.2, 0.25) is 0 Å². The van der Waals surface area contributed by atoms with Crippen LogP contribution in [0.2, 0.25) is 0 Å². The largest absolute Gasteiger partial charge is 0.393 e. The summed E-state index contributed by atoms with van der Waals surface area (Å²) in [6.07, 6.45) is 5.36. The van der Waals surface area contributed by atoms with E-state index in [1.807, 2.05) is 0 Å². The van der Waals surface area contributed by atoms with E-state index in [2.05, 4.69) is 25.7 Å². The highest BCUT2D eigenvalue weighted by atomic mass is 32.1. The molecule has 2 N–H and O–H groups in total. The molecule has 0 saturated heterocycles. The number of nitrogens with two attached hydrogens (primary N) is 1. The first-order chi connectivity index (χ1) is 7.45. The van der Waals surface area contributed by atoms with Crippen LogP contribution in [0.25, 0.3) is 0 Å². The molecular formula is C13H26N2S. The number of hydrogen-bond donors (Lipinski definition) is 1. The maximum Gasteiger partial charge on any atom is 0.0784 e. The third-order valence-corrected chi connectivity index (χ3v) is 4.46. The van der Waals surface area contributed by atoms with Gasteiger partial charge in [0.1, 0.15) is 0 Å². The molecule has 0 atom stereocenters. The standard InChI is InChI=1S/C13H26N2S/c1-4-15(10-11-6-5-7-11)9-8-13(2,3)12(14)16/h11H,4-10H2,1-3H3,(H2,14,16). The zero-order valence-electron chi connectivity index (χ0n) is 11.0. The molecule has 1 aliphatic rings. The summed E-state index contributed by atoms with van der Waals surface area (Å²) in [6, 6.07) is 0. The van der Waals surface area contributed by atoms with E-state index < -0.39 is 0 Å². The molecule has 0 aromatic heterocycles. The SMILES string of the molecule is CCN(CCC(C)(C)C(N)=S)CC1CCC1. The van der Waals surface area contributed by atoms with Crippen LogP contribution in [-0.2, 0) is 0 Å². The summed E-state index contributed by atoms with van der Waals surface area (Å²) in [5, 5.41) is 0. The Labute approximate surface area is 106 Å². The van der Waals surface area contributed by atoms with Crippen LogP contribution in [0.3, 0.4) is 0 Å². The highest BCUT2D eigenvalue weighted by molar-refractivity contribution is 7.80. The maximum absolute atomic E-state index is 5.75. The average Bonchev–Trinajstić information content (AvgIpc) is 2.15. The van der Waals surface area contributed by atoms with Crippen molar-refractivity contribution >= 4 is 17.2 Å². The van der Waals surface area contributed by atoms with Crippen molar-refractivity contribution in [3.63, 3.8) is 0 Å². The second kappa shape index (κ2) is 5.97. The van der Waals surface area contributed by atoms with Crippen LogP contribution in [0.4, 0.5) is 0 Å². The fourth-order valence-electron chi connectivity index (χ4n) is 1.98. The van der Waals surface area contributed by atoms with Gasteiger partial charge in [-0.2, -0.15) is 0 Å². The van der Waals surface area contributed by atoms with Gasteiger partial charge < -0.3 is 10.6 Å². The Morgan fingerprint density at radius 1 is 1.44 bits per heavy atom. The molecule has 1 fully saturated rings. The first-order valence-electron chi connectivity index (χ1n) is 6.48. The fraction of sp³-hybridized carbons (Fsp3) is 0.923. The van der Waals surface area contributed by atoms with E-state index >= 15 is 0 Å². The van der Waals surface area contributed by atoms with Gasteiger partial charge in [0.25, 0.3) is 0 Å². The zero-order chi connectivity index (χ0) is 12.2. The Bertz CT molecular complexity index is 234. The number of thiocarbonyl (C=S) groups is 1. The average molecular weight is 242 g/mol. The summed E-state index contributed by atoms with van der Waals surface area (Å²) in [5.41, 5.74) is 5.75. The highest BCUT2D eigenvalue weighted by Crippen LogP contribution is 2.28. The molecular weight excluding hydrogens is 216 g/mol. The second-order valence-corrected chi connectivity index (χ2v) is 6.13. The van der Waals surface area contributed by atoms with Gasteiger partial charge in [-0.3, -0.25) is 0 Å². The number of nitrogens with zero attached hydrogens (tertiary/aromatic N) is 1. The molecule has 0 spiro atoms. The molecule has 3 heteroatoms. The topological polar surface area (TPSA) is 29.3 Å². The summed E-state index contributed by atoms with van der Waals surface area (Å²) in [4.78, 5) is 3.19. The van der Waals surface area contributed by atoms with Gasteiger partial charge in [0, 0.05) is 12.0 Å². The maximum atomic E-state index is 5.75. The van der Waals surface area contributed by atoms with Crippen molar-refractivity contribution in [2.24, 2.45) is 17.1 Å². The summed E-state index contributed by atoms with van der Waals surface area (Å²) < 4.78 is 0. The molecule has 0 heterocycles. The van der Waals surface area contributed by atoms with Crippen molar-refractivity contribution in [2.45, 2.75) is 46.5 Å². The van der Waals surface area contributed by atoms with Gasteiger partial charge in [-0.25, -0.2) is 0 Å². The minimum atomic E-state index is 0.00235. The van der Waals surface area contributed by atoms with Crippen LogP contribution in [-0.4, -0.2) is 29.5 Å². The third kappa shape index (κ3) is 4.02. The van der Waals surface area contributed by atoms with Gasteiger partial charge >= 0.3 is 0 Å². The van der Waals surface area contributed by atoms with Gasteiger partial charge in [0.05, 0.1) is 4.99 Å². The number of rotatable bonds is 7. The molecule has 16 heavy (non-hydrogen) atoms. The van der Waals surface area contributed by atoms with Crippen molar-refractivity contribution in [2.75, 3.05) is 19.6 Å². The number of hydrogen-bond acceptors (Lipinski definition) is 2. The quantitative estimate of drug-likeness (QED) is 0.696. The Kier molecular flexibility index (Phi) is 5.19. The molecule has 0 bridgehead atoms.